The maximum Gasteiger partial charge on any atom is 0.0948 e. The second kappa shape index (κ2) is 7.79. The summed E-state index contributed by atoms with van der Waals surface area (Å²) in [5, 5.41) is 0. The highest BCUT2D eigenvalue weighted by Crippen LogP contribution is 2.24. The summed E-state index contributed by atoms with van der Waals surface area (Å²) in [4.78, 5) is 15.5. The fourth-order valence-corrected chi connectivity index (χ4v) is 3.78. The highest BCUT2D eigenvalue weighted by Gasteiger charge is 2.20. The van der Waals surface area contributed by atoms with Gasteiger partial charge in [0.25, 0.3) is 0 Å². The third-order valence-corrected chi connectivity index (χ3v) is 5.26. The molecule has 26 heavy (non-hydrogen) atoms. The van der Waals surface area contributed by atoms with Crippen molar-refractivity contribution in [2.45, 2.75) is 25.8 Å². The summed E-state index contributed by atoms with van der Waals surface area (Å²) >= 11 is 0. The lowest BCUT2D eigenvalue weighted by molar-refractivity contribution is 0.177. The lowest BCUT2D eigenvalue weighted by Gasteiger charge is -2.32. The number of piperidine rings is 1. The van der Waals surface area contributed by atoms with E-state index in [4.69, 9.17) is 0 Å². The van der Waals surface area contributed by atoms with E-state index < -0.39 is 0 Å². The number of rotatable bonds is 5. The predicted molar refractivity (Wildman–Crippen MR) is 102 cm³/mol. The molecule has 3 aromatic rings. The van der Waals surface area contributed by atoms with Gasteiger partial charge < -0.3 is 4.57 Å². The number of hydrogen-bond acceptors (Lipinski definition) is 4. The Bertz CT molecular complexity index is 834. The minimum Gasteiger partial charge on any atom is -0.332 e. The smallest absolute Gasteiger partial charge is 0.0948 e. The van der Waals surface area contributed by atoms with Gasteiger partial charge in [0.2, 0.25) is 0 Å². The Labute approximate surface area is 154 Å². The van der Waals surface area contributed by atoms with E-state index in [1.165, 1.54) is 37.1 Å². The molecule has 0 aromatic carbocycles. The Balaban J connectivity index is 1.34. The Hall–Kier alpha value is -2.53. The summed E-state index contributed by atoms with van der Waals surface area (Å²) < 4.78 is 2.02. The quantitative estimate of drug-likeness (QED) is 0.710. The van der Waals surface area contributed by atoms with E-state index in [1.807, 2.05) is 48.8 Å². The minimum absolute atomic E-state index is 0.752. The molecule has 0 unspecified atom stereocenters. The van der Waals surface area contributed by atoms with Gasteiger partial charge in [-0.25, -0.2) is 4.98 Å². The zero-order valence-electron chi connectivity index (χ0n) is 15.3. The van der Waals surface area contributed by atoms with Crippen LogP contribution in [-0.2, 0) is 20.0 Å². The largest absolute Gasteiger partial charge is 0.332 e. The molecule has 1 saturated heterocycles. The van der Waals surface area contributed by atoms with Crippen molar-refractivity contribution in [1.82, 2.24) is 24.4 Å². The molecule has 134 valence electrons. The SMILES string of the molecule is Cn1cncc1-c1cc(CC2CCN(Cc3cccnc3)CC2)ccn1. The Morgan fingerprint density at radius 2 is 1.92 bits per heavy atom. The first-order valence-electron chi connectivity index (χ1n) is 9.31. The van der Waals surface area contributed by atoms with Crippen molar-refractivity contribution in [3.8, 4) is 11.4 Å². The van der Waals surface area contributed by atoms with Crippen LogP contribution in [0.25, 0.3) is 11.4 Å². The fourth-order valence-electron chi connectivity index (χ4n) is 3.78. The number of pyridine rings is 2. The average molecular weight is 347 g/mol. The first-order valence-corrected chi connectivity index (χ1v) is 9.31. The number of hydrogen-bond donors (Lipinski definition) is 0. The molecule has 4 heterocycles. The molecule has 0 saturated carbocycles. The highest BCUT2D eigenvalue weighted by molar-refractivity contribution is 5.54. The first-order chi connectivity index (χ1) is 12.8. The van der Waals surface area contributed by atoms with E-state index in [2.05, 4.69) is 38.1 Å². The topological polar surface area (TPSA) is 46.8 Å². The zero-order valence-corrected chi connectivity index (χ0v) is 15.3. The molecule has 0 bridgehead atoms. The number of aryl methyl sites for hydroxylation is 1. The first kappa shape index (κ1) is 16.9. The van der Waals surface area contributed by atoms with Gasteiger partial charge in [0, 0.05) is 32.2 Å². The van der Waals surface area contributed by atoms with E-state index in [1.54, 1.807) is 0 Å². The minimum atomic E-state index is 0.752. The lowest BCUT2D eigenvalue weighted by atomic mass is 9.90. The molecule has 4 rings (SSSR count). The molecule has 0 atom stereocenters. The van der Waals surface area contributed by atoms with Crippen LogP contribution in [0.3, 0.4) is 0 Å². The molecule has 1 fully saturated rings. The molecule has 1 aliphatic heterocycles. The zero-order chi connectivity index (χ0) is 17.8. The van der Waals surface area contributed by atoms with Gasteiger partial charge in [-0.3, -0.25) is 14.9 Å². The van der Waals surface area contributed by atoms with Crippen molar-refractivity contribution >= 4 is 0 Å². The van der Waals surface area contributed by atoms with Crippen molar-refractivity contribution in [2.75, 3.05) is 13.1 Å². The molecular weight excluding hydrogens is 322 g/mol. The molecule has 0 aliphatic carbocycles. The summed E-state index contributed by atoms with van der Waals surface area (Å²) in [6.07, 6.45) is 13.1. The fraction of sp³-hybridized carbons (Fsp3) is 0.381. The second-order valence-corrected chi connectivity index (χ2v) is 7.22. The number of likely N-dealkylation sites (tertiary alicyclic amines) is 1. The summed E-state index contributed by atoms with van der Waals surface area (Å²) in [7, 11) is 2.01. The van der Waals surface area contributed by atoms with Crippen LogP contribution in [0.2, 0.25) is 0 Å². The van der Waals surface area contributed by atoms with Gasteiger partial charge in [0.15, 0.2) is 0 Å². The number of imidazole rings is 1. The van der Waals surface area contributed by atoms with Crippen LogP contribution in [-0.4, -0.2) is 37.5 Å². The average Bonchev–Trinajstić information content (AvgIpc) is 3.10. The summed E-state index contributed by atoms with van der Waals surface area (Å²) in [6, 6.07) is 8.56. The van der Waals surface area contributed by atoms with E-state index >= 15 is 0 Å². The van der Waals surface area contributed by atoms with Gasteiger partial charge in [0.05, 0.1) is 23.9 Å². The van der Waals surface area contributed by atoms with E-state index in [0.717, 1.165) is 30.3 Å². The third-order valence-electron chi connectivity index (χ3n) is 5.26. The van der Waals surface area contributed by atoms with Gasteiger partial charge >= 0.3 is 0 Å². The van der Waals surface area contributed by atoms with E-state index in [0.29, 0.717) is 0 Å². The van der Waals surface area contributed by atoms with Crippen molar-refractivity contribution in [1.29, 1.82) is 0 Å². The van der Waals surface area contributed by atoms with Crippen LogP contribution in [0.15, 0.2) is 55.4 Å². The Kier molecular flexibility index (Phi) is 5.07. The van der Waals surface area contributed by atoms with Crippen molar-refractivity contribution in [3.05, 3.63) is 66.5 Å². The van der Waals surface area contributed by atoms with E-state index in [-0.39, 0.29) is 0 Å². The van der Waals surface area contributed by atoms with Crippen molar-refractivity contribution in [3.63, 3.8) is 0 Å². The Morgan fingerprint density at radius 3 is 2.65 bits per heavy atom. The van der Waals surface area contributed by atoms with Crippen LogP contribution < -0.4 is 0 Å². The van der Waals surface area contributed by atoms with Gasteiger partial charge in [-0.15, -0.1) is 0 Å². The van der Waals surface area contributed by atoms with Gasteiger partial charge in [-0.2, -0.15) is 0 Å². The molecule has 0 radical (unpaired) electrons. The van der Waals surface area contributed by atoms with Crippen molar-refractivity contribution in [2.24, 2.45) is 13.0 Å². The molecule has 0 amide bonds. The predicted octanol–water partition coefficient (Wildman–Crippen LogP) is 3.33. The van der Waals surface area contributed by atoms with Gasteiger partial charge in [0.1, 0.15) is 0 Å². The maximum absolute atomic E-state index is 4.52. The molecule has 0 spiro atoms. The lowest BCUT2D eigenvalue weighted by Crippen LogP contribution is -2.33. The summed E-state index contributed by atoms with van der Waals surface area (Å²) in [5.74, 6) is 0.752. The third kappa shape index (κ3) is 3.99. The standard InChI is InChI=1S/C21H25N5/c1-25-16-23-14-21(25)20-12-18(4-8-24-20)11-17-5-9-26(10-6-17)15-19-3-2-7-22-13-19/h2-4,7-8,12-14,16-17H,5-6,9-11,15H2,1H3. The summed E-state index contributed by atoms with van der Waals surface area (Å²) in [5.41, 5.74) is 4.76. The van der Waals surface area contributed by atoms with Crippen LogP contribution >= 0.6 is 0 Å². The monoisotopic (exact) mass is 347 g/mol. The second-order valence-electron chi connectivity index (χ2n) is 7.22. The van der Waals surface area contributed by atoms with Crippen molar-refractivity contribution < 1.29 is 0 Å². The van der Waals surface area contributed by atoms with Gasteiger partial charge in [-0.1, -0.05) is 6.07 Å². The molecule has 3 aromatic heterocycles. The molecule has 5 heteroatoms. The molecular formula is C21H25N5. The van der Waals surface area contributed by atoms with Crippen LogP contribution in [0.5, 0.6) is 0 Å². The highest BCUT2D eigenvalue weighted by atomic mass is 15.1. The molecule has 5 nitrogen and oxygen atoms in total. The van der Waals surface area contributed by atoms with E-state index in [9.17, 15) is 0 Å². The molecule has 1 aliphatic rings. The Morgan fingerprint density at radius 1 is 1.04 bits per heavy atom. The van der Waals surface area contributed by atoms with Crippen LogP contribution in [0, 0.1) is 5.92 Å². The summed E-state index contributed by atoms with van der Waals surface area (Å²) in [6.45, 7) is 3.35. The number of aromatic nitrogens is 4. The molecule has 0 N–H and O–H groups in total. The maximum atomic E-state index is 4.52. The normalized spacial score (nSPS) is 16.0. The van der Waals surface area contributed by atoms with Crippen LogP contribution in [0.1, 0.15) is 24.0 Å². The van der Waals surface area contributed by atoms with Crippen LogP contribution in [0.4, 0.5) is 0 Å². The number of nitrogens with zero attached hydrogens (tertiary/aromatic N) is 5. The van der Waals surface area contributed by atoms with Gasteiger partial charge in [-0.05, 0) is 67.6 Å².